The van der Waals surface area contributed by atoms with E-state index in [0.717, 1.165) is 29.1 Å². The van der Waals surface area contributed by atoms with E-state index < -0.39 is 0 Å². The first-order chi connectivity index (χ1) is 11.1. The SMILES string of the molecule is CCCSCC(=O)Nc1c(C)c(C)nn1-c1ccc(C#N)cc1. The number of benzene rings is 1. The van der Waals surface area contributed by atoms with Crippen molar-refractivity contribution in [3.8, 4) is 11.8 Å². The largest absolute Gasteiger partial charge is 0.310 e. The van der Waals surface area contributed by atoms with Gasteiger partial charge in [0.15, 0.2) is 0 Å². The molecule has 2 aromatic rings. The molecular weight excluding hydrogens is 308 g/mol. The number of nitrogens with zero attached hydrogens (tertiary/aromatic N) is 3. The van der Waals surface area contributed by atoms with E-state index in [-0.39, 0.29) is 5.91 Å². The summed E-state index contributed by atoms with van der Waals surface area (Å²) in [5, 5.41) is 16.4. The smallest absolute Gasteiger partial charge is 0.235 e. The molecule has 0 saturated carbocycles. The molecule has 0 aliphatic heterocycles. The molecule has 1 aromatic carbocycles. The van der Waals surface area contributed by atoms with Crippen LogP contribution < -0.4 is 5.32 Å². The van der Waals surface area contributed by atoms with E-state index >= 15 is 0 Å². The average Bonchev–Trinajstić information content (AvgIpc) is 2.83. The Labute approximate surface area is 140 Å². The summed E-state index contributed by atoms with van der Waals surface area (Å²) in [4.78, 5) is 12.1. The van der Waals surface area contributed by atoms with Crippen LogP contribution in [0.5, 0.6) is 0 Å². The van der Waals surface area contributed by atoms with Gasteiger partial charge < -0.3 is 5.32 Å². The molecule has 1 aromatic heterocycles. The molecule has 1 heterocycles. The summed E-state index contributed by atoms with van der Waals surface area (Å²) in [7, 11) is 0. The monoisotopic (exact) mass is 328 g/mol. The molecular formula is C17H20N4OS. The summed E-state index contributed by atoms with van der Waals surface area (Å²) < 4.78 is 1.72. The molecule has 0 aliphatic rings. The second-order valence-corrected chi connectivity index (χ2v) is 6.34. The third-order valence-electron chi connectivity index (χ3n) is 3.44. The fourth-order valence-corrected chi connectivity index (χ4v) is 2.78. The molecule has 2 rings (SSSR count). The lowest BCUT2D eigenvalue weighted by Crippen LogP contribution is -2.17. The Balaban J connectivity index is 2.25. The van der Waals surface area contributed by atoms with Crippen LogP contribution in [0.4, 0.5) is 5.82 Å². The fourth-order valence-electron chi connectivity index (χ4n) is 2.09. The molecule has 0 spiro atoms. The molecule has 0 saturated heterocycles. The summed E-state index contributed by atoms with van der Waals surface area (Å²) in [6.45, 7) is 5.95. The van der Waals surface area contributed by atoms with Crippen molar-refractivity contribution in [3.05, 3.63) is 41.1 Å². The maximum absolute atomic E-state index is 12.1. The first kappa shape index (κ1) is 17.1. The van der Waals surface area contributed by atoms with Gasteiger partial charge in [0.25, 0.3) is 0 Å². The summed E-state index contributed by atoms with van der Waals surface area (Å²) in [6.07, 6.45) is 1.05. The minimum Gasteiger partial charge on any atom is -0.310 e. The lowest BCUT2D eigenvalue weighted by Gasteiger charge is -2.10. The number of nitriles is 1. The highest BCUT2D eigenvalue weighted by molar-refractivity contribution is 7.99. The van der Waals surface area contributed by atoms with Crippen molar-refractivity contribution in [2.75, 3.05) is 16.8 Å². The number of nitrogens with one attached hydrogen (secondary N) is 1. The van der Waals surface area contributed by atoms with Crippen molar-refractivity contribution in [1.29, 1.82) is 5.26 Å². The Kier molecular flexibility index (Phi) is 5.83. The fraction of sp³-hybridized carbons (Fsp3) is 0.353. The van der Waals surface area contributed by atoms with Gasteiger partial charge in [0.1, 0.15) is 5.82 Å². The summed E-state index contributed by atoms with van der Waals surface area (Å²) in [6, 6.07) is 9.23. The maximum atomic E-state index is 12.1. The normalized spacial score (nSPS) is 10.3. The van der Waals surface area contributed by atoms with Crippen molar-refractivity contribution in [2.45, 2.75) is 27.2 Å². The molecule has 0 unspecified atom stereocenters. The van der Waals surface area contributed by atoms with E-state index in [1.54, 1.807) is 28.6 Å². The predicted molar refractivity (Wildman–Crippen MR) is 94.0 cm³/mol. The third kappa shape index (κ3) is 4.14. The Morgan fingerprint density at radius 1 is 1.35 bits per heavy atom. The first-order valence-corrected chi connectivity index (χ1v) is 8.66. The minimum atomic E-state index is -0.0265. The highest BCUT2D eigenvalue weighted by atomic mass is 32.2. The van der Waals surface area contributed by atoms with Gasteiger partial charge in [-0.05, 0) is 50.3 Å². The van der Waals surface area contributed by atoms with E-state index in [0.29, 0.717) is 17.1 Å². The number of carbonyl (C=O) groups is 1. The summed E-state index contributed by atoms with van der Waals surface area (Å²) >= 11 is 1.62. The van der Waals surface area contributed by atoms with Gasteiger partial charge in [-0.25, -0.2) is 4.68 Å². The van der Waals surface area contributed by atoms with Crippen LogP contribution in [0, 0.1) is 25.2 Å². The molecule has 0 aliphatic carbocycles. The number of anilines is 1. The average molecular weight is 328 g/mol. The molecule has 0 radical (unpaired) electrons. The van der Waals surface area contributed by atoms with Crippen LogP contribution in [0.3, 0.4) is 0 Å². The van der Waals surface area contributed by atoms with Crippen LogP contribution in [0.2, 0.25) is 0 Å². The van der Waals surface area contributed by atoms with Crippen molar-refractivity contribution < 1.29 is 4.79 Å². The Morgan fingerprint density at radius 3 is 2.65 bits per heavy atom. The van der Waals surface area contributed by atoms with Crippen molar-refractivity contribution in [2.24, 2.45) is 0 Å². The van der Waals surface area contributed by atoms with Gasteiger partial charge in [-0.2, -0.15) is 22.1 Å². The van der Waals surface area contributed by atoms with Gasteiger partial charge in [-0.15, -0.1) is 0 Å². The van der Waals surface area contributed by atoms with Crippen molar-refractivity contribution in [1.82, 2.24) is 9.78 Å². The second-order valence-electron chi connectivity index (χ2n) is 5.23. The number of aryl methyl sites for hydroxylation is 1. The van der Waals surface area contributed by atoms with Crippen molar-refractivity contribution in [3.63, 3.8) is 0 Å². The molecule has 6 heteroatoms. The van der Waals surface area contributed by atoms with Gasteiger partial charge in [-0.1, -0.05) is 6.92 Å². The van der Waals surface area contributed by atoms with Gasteiger partial charge in [0, 0.05) is 5.56 Å². The number of aromatic nitrogens is 2. The molecule has 5 nitrogen and oxygen atoms in total. The lowest BCUT2D eigenvalue weighted by atomic mass is 10.2. The molecule has 120 valence electrons. The Hall–Kier alpha value is -2.26. The van der Waals surface area contributed by atoms with Crippen LogP contribution in [0.25, 0.3) is 5.69 Å². The van der Waals surface area contributed by atoms with Gasteiger partial charge in [0.2, 0.25) is 5.91 Å². The van der Waals surface area contributed by atoms with Crippen molar-refractivity contribution >= 4 is 23.5 Å². The number of hydrogen-bond donors (Lipinski definition) is 1. The van der Waals surface area contributed by atoms with E-state index in [1.807, 2.05) is 26.0 Å². The molecule has 0 fully saturated rings. The highest BCUT2D eigenvalue weighted by Gasteiger charge is 2.15. The van der Waals surface area contributed by atoms with Gasteiger partial charge in [-0.3, -0.25) is 4.79 Å². The number of rotatable bonds is 6. The minimum absolute atomic E-state index is 0.0265. The van der Waals surface area contributed by atoms with Gasteiger partial charge >= 0.3 is 0 Å². The molecule has 0 bridgehead atoms. The predicted octanol–water partition coefficient (Wildman–Crippen LogP) is 3.44. The highest BCUT2D eigenvalue weighted by Crippen LogP contribution is 2.23. The second kappa shape index (κ2) is 7.84. The van der Waals surface area contributed by atoms with Gasteiger partial charge in [0.05, 0.1) is 28.8 Å². The molecule has 0 atom stereocenters. The summed E-state index contributed by atoms with van der Waals surface area (Å²) in [5.74, 6) is 2.07. The molecule has 23 heavy (non-hydrogen) atoms. The van der Waals surface area contributed by atoms with Crippen LogP contribution in [0.1, 0.15) is 30.2 Å². The zero-order chi connectivity index (χ0) is 16.8. The third-order valence-corrected chi connectivity index (χ3v) is 4.60. The van der Waals surface area contributed by atoms with Crippen LogP contribution >= 0.6 is 11.8 Å². The molecule has 1 N–H and O–H groups in total. The van der Waals surface area contributed by atoms with E-state index in [2.05, 4.69) is 23.4 Å². The summed E-state index contributed by atoms with van der Waals surface area (Å²) in [5.41, 5.74) is 3.22. The standard InChI is InChI=1S/C17H20N4OS/c1-4-9-23-11-16(22)19-17-12(2)13(3)20-21(17)15-7-5-14(10-18)6-8-15/h5-8H,4,9,11H2,1-3H3,(H,19,22). The Morgan fingerprint density at radius 2 is 2.04 bits per heavy atom. The van der Waals surface area contributed by atoms with E-state index in [9.17, 15) is 4.79 Å². The quantitative estimate of drug-likeness (QED) is 0.825. The topological polar surface area (TPSA) is 70.7 Å². The van der Waals surface area contributed by atoms with Crippen LogP contribution in [-0.4, -0.2) is 27.2 Å². The first-order valence-electron chi connectivity index (χ1n) is 7.51. The zero-order valence-corrected chi connectivity index (χ0v) is 14.4. The lowest BCUT2D eigenvalue weighted by molar-refractivity contribution is -0.113. The maximum Gasteiger partial charge on any atom is 0.235 e. The van der Waals surface area contributed by atoms with Crippen LogP contribution in [-0.2, 0) is 4.79 Å². The zero-order valence-electron chi connectivity index (χ0n) is 13.6. The number of amides is 1. The van der Waals surface area contributed by atoms with Crippen LogP contribution in [0.15, 0.2) is 24.3 Å². The van der Waals surface area contributed by atoms with E-state index in [1.165, 1.54) is 0 Å². The molecule has 1 amide bonds. The Bertz CT molecular complexity index is 728. The van der Waals surface area contributed by atoms with E-state index in [4.69, 9.17) is 5.26 Å². The number of thioether (sulfide) groups is 1. The number of hydrogen-bond acceptors (Lipinski definition) is 4. The number of carbonyl (C=O) groups excluding carboxylic acids is 1.